The van der Waals surface area contributed by atoms with Crippen molar-refractivity contribution in [3.63, 3.8) is 0 Å². The topological polar surface area (TPSA) is 35.2 Å². The Balaban J connectivity index is 2.31. The van der Waals surface area contributed by atoms with Crippen LogP contribution in [0.15, 0.2) is 0 Å². The highest BCUT2D eigenvalue weighted by atomic mass is 16.5. The van der Waals surface area contributed by atoms with Gasteiger partial charge in [0.05, 0.1) is 5.60 Å². The lowest BCUT2D eigenvalue weighted by atomic mass is 9.72. The molecule has 1 aliphatic rings. The lowest BCUT2D eigenvalue weighted by Crippen LogP contribution is -2.44. The van der Waals surface area contributed by atoms with Gasteiger partial charge in [-0.2, -0.15) is 0 Å². The van der Waals surface area contributed by atoms with Crippen molar-refractivity contribution >= 4 is 0 Å². The van der Waals surface area contributed by atoms with Crippen LogP contribution in [0.1, 0.15) is 78.6 Å². The third-order valence-corrected chi connectivity index (χ3v) is 4.84. The number of nitrogens with two attached hydrogens (primary N) is 1. The molecule has 0 unspecified atom stereocenters. The summed E-state index contributed by atoms with van der Waals surface area (Å²) in [4.78, 5) is 0. The lowest BCUT2D eigenvalue weighted by molar-refractivity contribution is 0.00619. The molecule has 0 radical (unpaired) electrons. The first-order chi connectivity index (χ1) is 8.41. The van der Waals surface area contributed by atoms with E-state index in [9.17, 15) is 0 Å². The van der Waals surface area contributed by atoms with Crippen LogP contribution in [-0.4, -0.2) is 18.2 Å². The van der Waals surface area contributed by atoms with E-state index in [0.717, 1.165) is 18.8 Å². The average molecular weight is 255 g/mol. The summed E-state index contributed by atoms with van der Waals surface area (Å²) in [5, 5.41) is 0. The van der Waals surface area contributed by atoms with Crippen LogP contribution in [0, 0.1) is 5.92 Å². The summed E-state index contributed by atoms with van der Waals surface area (Å²) >= 11 is 0. The highest BCUT2D eigenvalue weighted by Gasteiger charge is 2.32. The van der Waals surface area contributed by atoms with Gasteiger partial charge in [-0.05, 0) is 58.3 Å². The molecule has 0 atom stereocenters. The number of unbranched alkanes of at least 4 members (excludes halogenated alkanes) is 1. The van der Waals surface area contributed by atoms with E-state index in [1.807, 2.05) is 0 Å². The van der Waals surface area contributed by atoms with Crippen molar-refractivity contribution in [3.05, 3.63) is 0 Å². The molecule has 0 amide bonds. The second-order valence-electron chi connectivity index (χ2n) is 6.91. The molecule has 1 aliphatic carbocycles. The minimum Gasteiger partial charge on any atom is -0.379 e. The van der Waals surface area contributed by atoms with Crippen molar-refractivity contribution in [1.29, 1.82) is 0 Å². The largest absolute Gasteiger partial charge is 0.379 e. The van der Waals surface area contributed by atoms with Gasteiger partial charge in [-0.15, -0.1) is 0 Å². The van der Waals surface area contributed by atoms with Crippen molar-refractivity contribution in [2.45, 2.75) is 89.7 Å². The Labute approximate surface area is 114 Å². The molecule has 0 bridgehead atoms. The number of hydrogen-bond acceptors (Lipinski definition) is 2. The van der Waals surface area contributed by atoms with Crippen molar-refractivity contribution in [2.24, 2.45) is 11.7 Å². The van der Waals surface area contributed by atoms with Gasteiger partial charge in [-0.25, -0.2) is 0 Å². The summed E-state index contributed by atoms with van der Waals surface area (Å²) < 4.78 is 5.49. The van der Waals surface area contributed by atoms with Gasteiger partial charge in [-0.1, -0.05) is 26.2 Å². The summed E-state index contributed by atoms with van der Waals surface area (Å²) in [5.41, 5.74) is 6.62. The second-order valence-corrected chi connectivity index (χ2v) is 6.91. The van der Waals surface area contributed by atoms with Gasteiger partial charge in [0, 0.05) is 12.6 Å². The van der Waals surface area contributed by atoms with Gasteiger partial charge in [0.2, 0.25) is 0 Å². The average Bonchev–Trinajstić information content (AvgIpc) is 2.36. The van der Waals surface area contributed by atoms with Crippen molar-refractivity contribution in [3.8, 4) is 0 Å². The summed E-state index contributed by atoms with van der Waals surface area (Å²) in [6.07, 6.45) is 11.4. The second kappa shape index (κ2) is 6.91. The Morgan fingerprint density at radius 2 is 1.89 bits per heavy atom. The van der Waals surface area contributed by atoms with Gasteiger partial charge < -0.3 is 10.5 Å². The molecule has 1 fully saturated rings. The van der Waals surface area contributed by atoms with Crippen molar-refractivity contribution in [1.82, 2.24) is 0 Å². The normalized spacial score (nSPS) is 29.5. The standard InChI is InChI=1S/C16H33NO/c1-5-6-7-14-8-10-16(17,11-9-14)13-12-15(2,3)18-4/h14H,5-13,17H2,1-4H3. The van der Waals surface area contributed by atoms with Crippen LogP contribution in [0.2, 0.25) is 0 Å². The first-order valence-electron chi connectivity index (χ1n) is 7.75. The maximum absolute atomic E-state index is 6.56. The van der Waals surface area contributed by atoms with Crippen LogP contribution in [0.5, 0.6) is 0 Å². The predicted molar refractivity (Wildman–Crippen MR) is 78.7 cm³/mol. The summed E-state index contributed by atoms with van der Waals surface area (Å²) in [5.74, 6) is 0.942. The van der Waals surface area contributed by atoms with E-state index in [4.69, 9.17) is 10.5 Å². The molecule has 2 heteroatoms. The van der Waals surface area contributed by atoms with E-state index in [-0.39, 0.29) is 11.1 Å². The molecule has 0 spiro atoms. The zero-order valence-corrected chi connectivity index (χ0v) is 12.9. The monoisotopic (exact) mass is 255 g/mol. The Hall–Kier alpha value is -0.0800. The van der Waals surface area contributed by atoms with Crippen LogP contribution in [0.25, 0.3) is 0 Å². The fraction of sp³-hybridized carbons (Fsp3) is 1.00. The summed E-state index contributed by atoms with van der Waals surface area (Å²) in [7, 11) is 1.80. The van der Waals surface area contributed by atoms with Crippen molar-refractivity contribution < 1.29 is 4.74 Å². The van der Waals surface area contributed by atoms with Gasteiger partial charge in [0.1, 0.15) is 0 Å². The van der Waals surface area contributed by atoms with Crippen LogP contribution in [0.3, 0.4) is 0 Å². The predicted octanol–water partition coefficient (Wildman–Crippen LogP) is 4.27. The number of hydrogen-bond donors (Lipinski definition) is 1. The minimum absolute atomic E-state index is 0.0224. The van der Waals surface area contributed by atoms with E-state index in [1.54, 1.807) is 7.11 Å². The molecule has 2 nitrogen and oxygen atoms in total. The van der Waals surface area contributed by atoms with Gasteiger partial charge in [-0.3, -0.25) is 0 Å². The molecule has 108 valence electrons. The first-order valence-corrected chi connectivity index (χ1v) is 7.75. The molecule has 0 aromatic carbocycles. The molecule has 1 saturated carbocycles. The van der Waals surface area contributed by atoms with E-state index in [1.165, 1.54) is 44.9 Å². The Bertz CT molecular complexity index is 229. The Morgan fingerprint density at radius 1 is 1.28 bits per heavy atom. The maximum atomic E-state index is 6.56. The van der Waals surface area contributed by atoms with Crippen LogP contribution in [-0.2, 0) is 4.74 Å². The molecule has 0 saturated heterocycles. The lowest BCUT2D eigenvalue weighted by Gasteiger charge is -2.39. The molecule has 0 aliphatic heterocycles. The van der Waals surface area contributed by atoms with E-state index in [2.05, 4.69) is 20.8 Å². The quantitative estimate of drug-likeness (QED) is 0.737. The third kappa shape index (κ3) is 5.27. The molecule has 0 aromatic heterocycles. The zero-order valence-electron chi connectivity index (χ0n) is 12.9. The molecule has 18 heavy (non-hydrogen) atoms. The Kier molecular flexibility index (Phi) is 6.13. The number of rotatable bonds is 7. The highest BCUT2D eigenvalue weighted by molar-refractivity contribution is 4.91. The highest BCUT2D eigenvalue weighted by Crippen LogP contribution is 2.36. The van der Waals surface area contributed by atoms with Crippen LogP contribution < -0.4 is 5.73 Å². The summed E-state index contributed by atoms with van der Waals surface area (Å²) in [6.45, 7) is 6.59. The number of methoxy groups -OCH3 is 1. The minimum atomic E-state index is -0.0224. The van der Waals surface area contributed by atoms with E-state index in [0.29, 0.717) is 0 Å². The van der Waals surface area contributed by atoms with Crippen molar-refractivity contribution in [2.75, 3.05) is 7.11 Å². The Morgan fingerprint density at radius 3 is 2.39 bits per heavy atom. The molecule has 0 aromatic rings. The van der Waals surface area contributed by atoms with Gasteiger partial charge in [0.25, 0.3) is 0 Å². The third-order valence-electron chi connectivity index (χ3n) is 4.84. The molecule has 2 N–H and O–H groups in total. The number of ether oxygens (including phenoxy) is 1. The molecule has 0 heterocycles. The summed E-state index contributed by atoms with van der Waals surface area (Å²) in [6, 6.07) is 0. The molecular weight excluding hydrogens is 222 g/mol. The van der Waals surface area contributed by atoms with Crippen LogP contribution in [0.4, 0.5) is 0 Å². The smallest absolute Gasteiger partial charge is 0.0623 e. The fourth-order valence-electron chi connectivity index (χ4n) is 2.94. The van der Waals surface area contributed by atoms with Gasteiger partial charge in [0.15, 0.2) is 0 Å². The van der Waals surface area contributed by atoms with Gasteiger partial charge >= 0.3 is 0 Å². The SMILES string of the molecule is CCCCC1CCC(N)(CCC(C)(C)OC)CC1. The maximum Gasteiger partial charge on any atom is 0.0623 e. The fourth-order valence-corrected chi connectivity index (χ4v) is 2.94. The molecule has 1 rings (SSSR count). The molecular formula is C16H33NO. The van der Waals surface area contributed by atoms with Crippen LogP contribution >= 0.6 is 0 Å². The van der Waals surface area contributed by atoms with E-state index >= 15 is 0 Å². The first kappa shape index (κ1) is 16.0. The van der Waals surface area contributed by atoms with E-state index < -0.39 is 0 Å². The zero-order chi connectivity index (χ0) is 13.6.